The normalized spacial score (nSPS) is 42.1. The second-order valence-electron chi connectivity index (χ2n) is 13.9. The lowest BCUT2D eigenvalue weighted by molar-refractivity contribution is -0.203. The van der Waals surface area contributed by atoms with E-state index in [9.17, 15) is 13.6 Å². The largest absolute Gasteiger partial charge is 0.513 e. The SMILES string of the molecule is CC(C)CCC[C@@H](C)[C@H]1CC[C@H]2[C@@H]3CC[C@H]4CC(OC(=O)OC(C)(F)F)CC[C@]4(C)[C@H]3CC[C@]12C. The maximum atomic E-state index is 13.0. The molecule has 35 heavy (non-hydrogen) atoms. The fourth-order valence-electron chi connectivity index (χ4n) is 9.66. The number of fused-ring (bicyclic) bond motifs is 5. The Morgan fingerprint density at radius 1 is 0.943 bits per heavy atom. The highest BCUT2D eigenvalue weighted by molar-refractivity contribution is 5.60. The van der Waals surface area contributed by atoms with Crippen molar-refractivity contribution in [3.8, 4) is 0 Å². The molecule has 0 aromatic heterocycles. The molecule has 4 saturated carbocycles. The van der Waals surface area contributed by atoms with Gasteiger partial charge in [0.05, 0.1) is 0 Å². The molecule has 4 aliphatic carbocycles. The van der Waals surface area contributed by atoms with Gasteiger partial charge in [0.15, 0.2) is 0 Å². The quantitative estimate of drug-likeness (QED) is 0.329. The Labute approximate surface area is 212 Å². The number of alkyl halides is 2. The van der Waals surface area contributed by atoms with Crippen LogP contribution in [-0.4, -0.2) is 18.4 Å². The summed E-state index contributed by atoms with van der Waals surface area (Å²) in [6.45, 7) is 12.9. The maximum absolute atomic E-state index is 13.0. The van der Waals surface area contributed by atoms with E-state index in [0.717, 1.165) is 54.8 Å². The number of hydrogen-bond donors (Lipinski definition) is 0. The summed E-state index contributed by atoms with van der Waals surface area (Å²) in [6, 6.07) is 0. The number of hydrogen-bond acceptors (Lipinski definition) is 3. The molecule has 1 unspecified atom stereocenters. The molecule has 0 saturated heterocycles. The van der Waals surface area contributed by atoms with Crippen molar-refractivity contribution in [2.24, 2.45) is 52.3 Å². The molecule has 4 rings (SSSR count). The lowest BCUT2D eigenvalue weighted by Crippen LogP contribution is -2.54. The van der Waals surface area contributed by atoms with Crippen molar-refractivity contribution in [2.75, 3.05) is 0 Å². The predicted octanol–water partition coefficient (Wildman–Crippen LogP) is 9.24. The molecule has 202 valence electrons. The molecule has 0 aliphatic heterocycles. The van der Waals surface area contributed by atoms with Crippen LogP contribution in [-0.2, 0) is 9.47 Å². The fourth-order valence-corrected chi connectivity index (χ4v) is 9.66. The summed E-state index contributed by atoms with van der Waals surface area (Å²) in [5, 5.41) is 0. The first kappa shape index (κ1) is 27.2. The lowest BCUT2D eigenvalue weighted by Gasteiger charge is -2.61. The molecule has 0 amide bonds. The molecule has 0 N–H and O–H groups in total. The van der Waals surface area contributed by atoms with Crippen LogP contribution in [0.3, 0.4) is 0 Å². The van der Waals surface area contributed by atoms with Gasteiger partial charge in [0.25, 0.3) is 0 Å². The van der Waals surface area contributed by atoms with Crippen LogP contribution in [0.25, 0.3) is 0 Å². The Hall–Kier alpha value is -0.870. The topological polar surface area (TPSA) is 35.5 Å². The van der Waals surface area contributed by atoms with Gasteiger partial charge in [-0.1, -0.05) is 53.9 Å². The van der Waals surface area contributed by atoms with Crippen LogP contribution in [0.5, 0.6) is 0 Å². The molecule has 0 aromatic carbocycles. The molecule has 0 radical (unpaired) electrons. The third-order valence-corrected chi connectivity index (χ3v) is 11.3. The molecule has 9 atom stereocenters. The Bertz CT molecular complexity index is 748. The fraction of sp³-hybridized carbons (Fsp3) is 0.967. The molecule has 0 heterocycles. The smallest absolute Gasteiger partial charge is 0.431 e. The highest BCUT2D eigenvalue weighted by Crippen LogP contribution is 2.68. The van der Waals surface area contributed by atoms with E-state index in [4.69, 9.17) is 4.74 Å². The first-order valence-electron chi connectivity index (χ1n) is 14.6. The van der Waals surface area contributed by atoms with Gasteiger partial charge < -0.3 is 9.47 Å². The summed E-state index contributed by atoms with van der Waals surface area (Å²) in [5.41, 5.74) is 0.779. The zero-order chi connectivity index (χ0) is 25.6. The average Bonchev–Trinajstić information content (AvgIpc) is 3.09. The average molecular weight is 497 g/mol. The maximum Gasteiger partial charge on any atom is 0.513 e. The first-order chi connectivity index (χ1) is 16.3. The van der Waals surface area contributed by atoms with Gasteiger partial charge in [0, 0.05) is 6.92 Å². The number of carbonyl (C=O) groups excluding carboxylic acids is 1. The van der Waals surface area contributed by atoms with E-state index in [0.29, 0.717) is 18.3 Å². The highest BCUT2D eigenvalue weighted by atomic mass is 19.3. The summed E-state index contributed by atoms with van der Waals surface area (Å²) in [6.07, 6.45) is 9.63. The van der Waals surface area contributed by atoms with Crippen molar-refractivity contribution in [3.63, 3.8) is 0 Å². The summed E-state index contributed by atoms with van der Waals surface area (Å²) in [5.74, 6) is 5.44. The van der Waals surface area contributed by atoms with Gasteiger partial charge in [-0.25, -0.2) is 4.79 Å². The van der Waals surface area contributed by atoms with Crippen LogP contribution >= 0.6 is 0 Å². The van der Waals surface area contributed by atoms with Crippen molar-refractivity contribution < 1.29 is 23.0 Å². The van der Waals surface area contributed by atoms with E-state index in [-0.39, 0.29) is 11.5 Å². The van der Waals surface area contributed by atoms with E-state index >= 15 is 0 Å². The van der Waals surface area contributed by atoms with Gasteiger partial charge in [-0.2, -0.15) is 8.78 Å². The van der Waals surface area contributed by atoms with E-state index in [1.807, 2.05) is 0 Å². The molecule has 3 nitrogen and oxygen atoms in total. The van der Waals surface area contributed by atoms with E-state index in [2.05, 4.69) is 39.4 Å². The molecule has 0 aromatic rings. The van der Waals surface area contributed by atoms with Crippen LogP contribution in [0.4, 0.5) is 13.6 Å². The van der Waals surface area contributed by atoms with E-state index in [1.54, 1.807) is 0 Å². The zero-order valence-electron chi connectivity index (χ0n) is 23.1. The van der Waals surface area contributed by atoms with Crippen molar-refractivity contribution in [1.82, 2.24) is 0 Å². The van der Waals surface area contributed by atoms with Crippen LogP contribution < -0.4 is 0 Å². The molecule has 4 aliphatic rings. The number of carbonyl (C=O) groups is 1. The standard InChI is InChI=1S/C30H50F2O3/c1-19(2)8-7-9-20(3)24-12-13-25-23-11-10-21-18-22(34-27(33)35-30(6,31)32)14-16-28(21,4)26(23)15-17-29(24,25)5/h19-26H,7-18H2,1-6H3/t20-,21+,22?,23+,24-,25+,26+,28+,29-/m1/s1. The van der Waals surface area contributed by atoms with Gasteiger partial charge >= 0.3 is 12.3 Å². The molecule has 0 bridgehead atoms. The van der Waals surface area contributed by atoms with Crippen LogP contribution in [0.2, 0.25) is 0 Å². The molecular formula is C30H50F2O3. The van der Waals surface area contributed by atoms with Gasteiger partial charge in [0.1, 0.15) is 6.10 Å². The van der Waals surface area contributed by atoms with Gasteiger partial charge in [-0.3, -0.25) is 0 Å². The predicted molar refractivity (Wildman–Crippen MR) is 135 cm³/mol. The van der Waals surface area contributed by atoms with Crippen molar-refractivity contribution >= 4 is 6.16 Å². The number of rotatable bonds is 7. The Morgan fingerprint density at radius 3 is 2.31 bits per heavy atom. The van der Waals surface area contributed by atoms with E-state index < -0.39 is 12.3 Å². The van der Waals surface area contributed by atoms with Gasteiger partial charge in [-0.05, 0) is 110 Å². The van der Waals surface area contributed by atoms with Gasteiger partial charge in [0.2, 0.25) is 0 Å². The van der Waals surface area contributed by atoms with Crippen molar-refractivity contribution in [1.29, 1.82) is 0 Å². The Balaban J connectivity index is 1.38. The summed E-state index contributed by atoms with van der Waals surface area (Å²) in [4.78, 5) is 11.8. The molecule has 5 heteroatoms. The molecular weight excluding hydrogens is 446 g/mol. The summed E-state index contributed by atoms with van der Waals surface area (Å²) >= 11 is 0. The van der Waals surface area contributed by atoms with E-state index in [1.165, 1.54) is 57.8 Å². The minimum atomic E-state index is -3.49. The second-order valence-corrected chi connectivity index (χ2v) is 13.9. The van der Waals surface area contributed by atoms with Gasteiger partial charge in [-0.15, -0.1) is 0 Å². The Morgan fingerprint density at radius 2 is 1.63 bits per heavy atom. The molecule has 0 spiro atoms. The van der Waals surface area contributed by atoms with Crippen molar-refractivity contribution in [2.45, 2.75) is 131 Å². The number of halogens is 2. The Kier molecular flexibility index (Phi) is 7.86. The minimum Gasteiger partial charge on any atom is -0.431 e. The van der Waals surface area contributed by atoms with Crippen LogP contribution in [0.15, 0.2) is 0 Å². The van der Waals surface area contributed by atoms with Crippen molar-refractivity contribution in [3.05, 3.63) is 0 Å². The van der Waals surface area contributed by atoms with Crippen LogP contribution in [0.1, 0.15) is 119 Å². The minimum absolute atomic E-state index is 0.281. The monoisotopic (exact) mass is 496 g/mol. The second kappa shape index (κ2) is 10.1. The zero-order valence-corrected chi connectivity index (χ0v) is 23.1. The summed E-state index contributed by atoms with van der Waals surface area (Å²) in [7, 11) is 0. The highest BCUT2D eigenvalue weighted by Gasteiger charge is 2.60. The first-order valence-corrected chi connectivity index (χ1v) is 14.6. The lowest BCUT2D eigenvalue weighted by atomic mass is 9.44. The third-order valence-electron chi connectivity index (χ3n) is 11.3. The summed E-state index contributed by atoms with van der Waals surface area (Å²) < 4.78 is 35.5. The molecule has 4 fully saturated rings. The third kappa shape index (κ3) is 5.54. The number of ether oxygens (including phenoxy) is 2. The van der Waals surface area contributed by atoms with Crippen LogP contribution in [0, 0.1) is 52.3 Å².